The minimum absolute atomic E-state index is 0.909. The summed E-state index contributed by atoms with van der Waals surface area (Å²) in [5.41, 5.74) is 4.34. The molecule has 1 aliphatic heterocycles. The van der Waals surface area contributed by atoms with Crippen LogP contribution in [-0.2, 0) is 6.42 Å². The number of hydrogen-bond donors (Lipinski definition) is 1. The van der Waals surface area contributed by atoms with E-state index in [2.05, 4.69) is 37.4 Å². The third kappa shape index (κ3) is 2.82. The van der Waals surface area contributed by atoms with Gasteiger partial charge in [-0.1, -0.05) is 18.2 Å². The Kier molecular flexibility index (Phi) is 3.42. The second-order valence-electron chi connectivity index (χ2n) is 4.82. The van der Waals surface area contributed by atoms with Crippen LogP contribution in [0.5, 0.6) is 0 Å². The van der Waals surface area contributed by atoms with Crippen molar-refractivity contribution in [3.05, 3.63) is 34.9 Å². The van der Waals surface area contributed by atoms with E-state index in [1.54, 1.807) is 0 Å². The molecule has 15 heavy (non-hydrogen) atoms. The second-order valence-corrected chi connectivity index (χ2v) is 4.82. The maximum atomic E-state index is 3.43. The van der Waals surface area contributed by atoms with Gasteiger partial charge >= 0.3 is 0 Å². The molecule has 2 rings (SSSR count). The van der Waals surface area contributed by atoms with Gasteiger partial charge in [0.05, 0.1) is 0 Å². The Labute approximate surface area is 92.9 Å². The topological polar surface area (TPSA) is 12.0 Å². The molecule has 1 aliphatic rings. The van der Waals surface area contributed by atoms with Gasteiger partial charge in [-0.2, -0.15) is 0 Å². The van der Waals surface area contributed by atoms with Crippen molar-refractivity contribution in [3.8, 4) is 0 Å². The lowest BCUT2D eigenvalue weighted by Gasteiger charge is -2.09. The van der Waals surface area contributed by atoms with Crippen LogP contribution in [0.4, 0.5) is 0 Å². The average molecular weight is 203 g/mol. The molecule has 1 heteroatoms. The fourth-order valence-corrected chi connectivity index (χ4v) is 2.29. The number of benzene rings is 1. The predicted molar refractivity (Wildman–Crippen MR) is 65.2 cm³/mol. The van der Waals surface area contributed by atoms with Gasteiger partial charge in [-0.05, 0) is 68.8 Å². The summed E-state index contributed by atoms with van der Waals surface area (Å²) in [5.74, 6) is 0.909. The van der Waals surface area contributed by atoms with Crippen molar-refractivity contribution >= 4 is 0 Å². The Morgan fingerprint density at radius 2 is 2.13 bits per heavy atom. The molecule has 0 aliphatic carbocycles. The van der Waals surface area contributed by atoms with Gasteiger partial charge < -0.3 is 5.32 Å². The first-order chi connectivity index (χ1) is 7.25. The van der Waals surface area contributed by atoms with Crippen LogP contribution in [-0.4, -0.2) is 13.1 Å². The zero-order valence-corrected chi connectivity index (χ0v) is 9.84. The predicted octanol–water partition coefficient (Wildman–Crippen LogP) is 2.85. The Morgan fingerprint density at radius 3 is 2.80 bits per heavy atom. The lowest BCUT2D eigenvalue weighted by atomic mass is 9.97. The van der Waals surface area contributed by atoms with Gasteiger partial charge in [0.25, 0.3) is 0 Å². The summed E-state index contributed by atoms with van der Waals surface area (Å²) < 4.78 is 0. The van der Waals surface area contributed by atoms with Crippen molar-refractivity contribution in [2.45, 2.75) is 33.1 Å². The Balaban J connectivity index is 1.90. The van der Waals surface area contributed by atoms with Crippen molar-refractivity contribution in [3.63, 3.8) is 0 Å². The average Bonchev–Trinajstić information content (AvgIpc) is 2.73. The molecule has 1 nitrogen and oxygen atoms in total. The van der Waals surface area contributed by atoms with E-state index in [0.29, 0.717) is 0 Å². The minimum Gasteiger partial charge on any atom is -0.316 e. The largest absolute Gasteiger partial charge is 0.316 e. The van der Waals surface area contributed by atoms with E-state index in [1.807, 2.05) is 0 Å². The first-order valence-electron chi connectivity index (χ1n) is 6.02. The molecule has 1 aromatic rings. The summed E-state index contributed by atoms with van der Waals surface area (Å²) in [6, 6.07) is 6.87. The van der Waals surface area contributed by atoms with Gasteiger partial charge in [0.2, 0.25) is 0 Å². The molecule has 1 atom stereocenters. The summed E-state index contributed by atoms with van der Waals surface area (Å²) in [6.07, 6.45) is 3.95. The van der Waals surface area contributed by atoms with Crippen LogP contribution in [0, 0.1) is 19.8 Å². The SMILES string of the molecule is Cc1ccc(CCC2CCNC2)cc1C. The zero-order valence-electron chi connectivity index (χ0n) is 9.84. The highest BCUT2D eigenvalue weighted by atomic mass is 14.9. The monoisotopic (exact) mass is 203 g/mol. The minimum atomic E-state index is 0.909. The van der Waals surface area contributed by atoms with E-state index < -0.39 is 0 Å². The molecule has 0 radical (unpaired) electrons. The van der Waals surface area contributed by atoms with E-state index in [4.69, 9.17) is 0 Å². The number of nitrogens with one attached hydrogen (secondary N) is 1. The first-order valence-corrected chi connectivity index (χ1v) is 6.02. The summed E-state index contributed by atoms with van der Waals surface area (Å²) in [4.78, 5) is 0. The van der Waals surface area contributed by atoms with Crippen molar-refractivity contribution in [2.24, 2.45) is 5.92 Å². The van der Waals surface area contributed by atoms with Crippen molar-refractivity contribution in [2.75, 3.05) is 13.1 Å². The normalized spacial score (nSPS) is 20.8. The van der Waals surface area contributed by atoms with Crippen molar-refractivity contribution in [1.29, 1.82) is 0 Å². The maximum Gasteiger partial charge on any atom is -0.00199 e. The molecule has 1 unspecified atom stereocenters. The number of aryl methyl sites for hydroxylation is 3. The quantitative estimate of drug-likeness (QED) is 0.796. The standard InChI is InChI=1S/C14H21N/c1-11-3-4-13(9-12(11)2)5-6-14-7-8-15-10-14/h3-4,9,14-15H,5-8,10H2,1-2H3. The highest BCUT2D eigenvalue weighted by Crippen LogP contribution is 2.17. The van der Waals surface area contributed by atoms with Gasteiger partial charge in [0.15, 0.2) is 0 Å². The fraction of sp³-hybridized carbons (Fsp3) is 0.571. The van der Waals surface area contributed by atoms with Gasteiger partial charge in [-0.3, -0.25) is 0 Å². The molecule has 0 aromatic heterocycles. The molecule has 0 bridgehead atoms. The van der Waals surface area contributed by atoms with E-state index in [9.17, 15) is 0 Å². The van der Waals surface area contributed by atoms with E-state index >= 15 is 0 Å². The Bertz CT molecular complexity index is 324. The van der Waals surface area contributed by atoms with E-state index in [1.165, 1.54) is 49.0 Å². The van der Waals surface area contributed by atoms with Crippen LogP contribution in [0.3, 0.4) is 0 Å². The lowest BCUT2D eigenvalue weighted by Crippen LogP contribution is -2.09. The molecule has 1 heterocycles. The summed E-state index contributed by atoms with van der Waals surface area (Å²) >= 11 is 0. The first kappa shape index (κ1) is 10.7. The van der Waals surface area contributed by atoms with Gasteiger partial charge in [0.1, 0.15) is 0 Å². The highest BCUT2D eigenvalue weighted by Gasteiger charge is 2.13. The van der Waals surface area contributed by atoms with Crippen LogP contribution in [0.2, 0.25) is 0 Å². The fourth-order valence-electron chi connectivity index (χ4n) is 2.29. The van der Waals surface area contributed by atoms with Crippen LogP contribution in [0.25, 0.3) is 0 Å². The molecule has 82 valence electrons. The molecular formula is C14H21N. The Morgan fingerprint density at radius 1 is 1.27 bits per heavy atom. The molecule has 1 saturated heterocycles. The molecule has 0 spiro atoms. The summed E-state index contributed by atoms with van der Waals surface area (Å²) in [6.45, 7) is 6.83. The lowest BCUT2D eigenvalue weighted by molar-refractivity contribution is 0.533. The van der Waals surface area contributed by atoms with Crippen molar-refractivity contribution < 1.29 is 0 Å². The van der Waals surface area contributed by atoms with Crippen LogP contribution >= 0.6 is 0 Å². The molecule has 1 fully saturated rings. The Hall–Kier alpha value is -0.820. The third-order valence-electron chi connectivity index (χ3n) is 3.57. The number of hydrogen-bond acceptors (Lipinski definition) is 1. The molecular weight excluding hydrogens is 182 g/mol. The third-order valence-corrected chi connectivity index (χ3v) is 3.57. The van der Waals surface area contributed by atoms with Crippen LogP contribution < -0.4 is 5.32 Å². The van der Waals surface area contributed by atoms with E-state index in [0.717, 1.165) is 5.92 Å². The highest BCUT2D eigenvalue weighted by molar-refractivity contribution is 5.29. The number of rotatable bonds is 3. The van der Waals surface area contributed by atoms with Gasteiger partial charge in [-0.25, -0.2) is 0 Å². The van der Waals surface area contributed by atoms with E-state index in [-0.39, 0.29) is 0 Å². The smallest absolute Gasteiger partial charge is 0.00199 e. The van der Waals surface area contributed by atoms with Gasteiger partial charge in [-0.15, -0.1) is 0 Å². The van der Waals surface area contributed by atoms with Crippen LogP contribution in [0.1, 0.15) is 29.5 Å². The molecule has 1 N–H and O–H groups in total. The summed E-state index contributed by atoms with van der Waals surface area (Å²) in [7, 11) is 0. The molecule has 1 aromatic carbocycles. The maximum absolute atomic E-state index is 3.43. The van der Waals surface area contributed by atoms with Crippen LogP contribution in [0.15, 0.2) is 18.2 Å². The zero-order chi connectivity index (χ0) is 10.7. The van der Waals surface area contributed by atoms with Crippen molar-refractivity contribution in [1.82, 2.24) is 5.32 Å². The molecule has 0 amide bonds. The summed E-state index contributed by atoms with van der Waals surface area (Å²) in [5, 5.41) is 3.43. The molecule has 0 saturated carbocycles. The van der Waals surface area contributed by atoms with Gasteiger partial charge in [0, 0.05) is 0 Å². The second kappa shape index (κ2) is 4.80.